The van der Waals surface area contributed by atoms with Crippen molar-refractivity contribution in [1.29, 1.82) is 0 Å². The van der Waals surface area contributed by atoms with Gasteiger partial charge in [0, 0.05) is 22.1 Å². The van der Waals surface area contributed by atoms with Crippen LogP contribution in [0.5, 0.6) is 0 Å². The molecular weight excluding hydrogens is 261 g/mol. The molecule has 0 N–H and O–H groups in total. The molecule has 0 saturated carbocycles. The van der Waals surface area contributed by atoms with E-state index in [2.05, 4.69) is 0 Å². The van der Waals surface area contributed by atoms with E-state index in [-0.39, 0.29) is 0 Å². The standard InChI is InChI=1S/3C2H7O2P/c3*1-5(2,3)4/h3*1-2H3,(H,3,4)/p-3. The molecule has 6 nitrogen and oxygen atoms in total. The van der Waals surface area contributed by atoms with Gasteiger partial charge in [-0.2, -0.15) is 0 Å². The van der Waals surface area contributed by atoms with Crippen molar-refractivity contribution in [3.8, 4) is 0 Å². The average molecular weight is 279 g/mol. The van der Waals surface area contributed by atoms with E-state index in [4.69, 9.17) is 0 Å². The molecular formula is C6H18O6P3-3. The van der Waals surface area contributed by atoms with Crippen LogP contribution in [0.4, 0.5) is 0 Å². The molecule has 0 bridgehead atoms. The zero-order valence-corrected chi connectivity index (χ0v) is 12.5. The van der Waals surface area contributed by atoms with Crippen molar-refractivity contribution < 1.29 is 28.4 Å². The minimum atomic E-state index is -2.89. The molecule has 0 rings (SSSR count). The minimum Gasteiger partial charge on any atom is -0.800 e. The Morgan fingerprint density at radius 2 is 0.533 bits per heavy atom. The van der Waals surface area contributed by atoms with Crippen LogP contribution in [0.25, 0.3) is 0 Å². The van der Waals surface area contributed by atoms with Gasteiger partial charge >= 0.3 is 0 Å². The highest BCUT2D eigenvalue weighted by Gasteiger charge is 1.77. The molecule has 0 radical (unpaired) electrons. The van der Waals surface area contributed by atoms with Gasteiger partial charge in [-0.3, -0.25) is 0 Å². The lowest BCUT2D eigenvalue weighted by Gasteiger charge is -2.06. The molecule has 0 aliphatic heterocycles. The van der Waals surface area contributed by atoms with Gasteiger partial charge in [0.15, 0.2) is 0 Å². The van der Waals surface area contributed by atoms with Crippen LogP contribution >= 0.6 is 22.1 Å². The quantitative estimate of drug-likeness (QED) is 0.559. The maximum absolute atomic E-state index is 9.66. The lowest BCUT2D eigenvalue weighted by atomic mass is 11.9. The van der Waals surface area contributed by atoms with Crippen molar-refractivity contribution in [2.45, 2.75) is 0 Å². The van der Waals surface area contributed by atoms with Crippen molar-refractivity contribution in [3.63, 3.8) is 0 Å². The molecule has 0 aromatic heterocycles. The maximum Gasteiger partial charge on any atom is 0.00874 e. The first kappa shape index (κ1) is 20.9. The molecule has 0 atom stereocenters. The smallest absolute Gasteiger partial charge is 0.00874 e. The fraction of sp³-hybridized carbons (Fsp3) is 1.00. The monoisotopic (exact) mass is 279 g/mol. The predicted molar refractivity (Wildman–Crippen MR) is 58.4 cm³/mol. The molecule has 0 spiro atoms. The van der Waals surface area contributed by atoms with E-state index in [0.717, 1.165) is 0 Å². The van der Waals surface area contributed by atoms with E-state index >= 15 is 0 Å². The van der Waals surface area contributed by atoms with Gasteiger partial charge < -0.3 is 28.4 Å². The Morgan fingerprint density at radius 3 is 0.533 bits per heavy atom. The van der Waals surface area contributed by atoms with Crippen LogP contribution in [0, 0.1) is 0 Å². The van der Waals surface area contributed by atoms with Gasteiger partial charge in [0.25, 0.3) is 0 Å². The molecule has 15 heavy (non-hydrogen) atoms. The number of rotatable bonds is 0. The first-order valence-corrected chi connectivity index (χ1v) is 11.3. The van der Waals surface area contributed by atoms with Gasteiger partial charge in [-0.15, -0.1) is 0 Å². The molecule has 0 aliphatic carbocycles. The van der Waals surface area contributed by atoms with Gasteiger partial charge in [0.2, 0.25) is 0 Å². The summed E-state index contributed by atoms with van der Waals surface area (Å²) in [5.74, 6) is 0. The van der Waals surface area contributed by atoms with Gasteiger partial charge in [0.05, 0.1) is 0 Å². The molecule has 9 heteroatoms. The average Bonchev–Trinajstić information content (AvgIpc) is 1.41. The highest BCUT2D eigenvalue weighted by Crippen LogP contribution is 2.21. The fourth-order valence-electron chi connectivity index (χ4n) is 0. The van der Waals surface area contributed by atoms with Crippen LogP contribution in [0.15, 0.2) is 0 Å². The third-order valence-corrected chi connectivity index (χ3v) is 0. The molecule has 0 aliphatic rings. The van der Waals surface area contributed by atoms with Crippen LogP contribution < -0.4 is 14.7 Å². The summed E-state index contributed by atoms with van der Waals surface area (Å²) < 4.78 is 29.0. The molecule has 0 unspecified atom stereocenters. The SMILES string of the molecule is CP(C)(=O)[O-].CP(C)(=O)[O-].CP(C)(=O)[O-]. The highest BCUT2D eigenvalue weighted by atomic mass is 31.2. The van der Waals surface area contributed by atoms with Gasteiger partial charge in [-0.1, -0.05) is 0 Å². The second kappa shape index (κ2) is 7.78. The summed E-state index contributed by atoms with van der Waals surface area (Å²) in [7, 11) is -8.67. The largest absolute Gasteiger partial charge is 0.800 e. The summed E-state index contributed by atoms with van der Waals surface area (Å²) in [4.78, 5) is 29.0. The molecule has 96 valence electrons. The third kappa shape index (κ3) is 7090. The lowest BCUT2D eigenvalue weighted by Crippen LogP contribution is -1.93. The van der Waals surface area contributed by atoms with E-state index in [1.165, 1.54) is 40.0 Å². The number of hydrogen-bond acceptors (Lipinski definition) is 6. The Labute approximate surface area is 91.1 Å². The second-order valence-corrected chi connectivity index (χ2v) is 11.3. The van der Waals surface area contributed by atoms with Crippen molar-refractivity contribution in [2.75, 3.05) is 40.0 Å². The van der Waals surface area contributed by atoms with E-state index in [9.17, 15) is 28.4 Å². The topological polar surface area (TPSA) is 120 Å². The molecule has 0 aromatic rings. The predicted octanol–water partition coefficient (Wildman–Crippen LogP) is -0.347. The van der Waals surface area contributed by atoms with Gasteiger partial charge in [-0.25, -0.2) is 0 Å². The van der Waals surface area contributed by atoms with Gasteiger partial charge in [-0.05, 0) is 40.0 Å². The summed E-state index contributed by atoms with van der Waals surface area (Å²) >= 11 is 0. The first-order chi connectivity index (χ1) is 6.00. The van der Waals surface area contributed by atoms with Crippen LogP contribution in [0.3, 0.4) is 0 Å². The fourth-order valence-corrected chi connectivity index (χ4v) is 0. The summed E-state index contributed by atoms with van der Waals surface area (Å²) in [5, 5.41) is 0. The van der Waals surface area contributed by atoms with Crippen LogP contribution in [-0.2, 0) is 13.7 Å². The highest BCUT2D eigenvalue weighted by molar-refractivity contribution is 7.55. The van der Waals surface area contributed by atoms with E-state index in [1.807, 2.05) is 0 Å². The summed E-state index contributed by atoms with van der Waals surface area (Å²) in [6.07, 6.45) is 0. The van der Waals surface area contributed by atoms with Crippen LogP contribution in [-0.4, -0.2) is 40.0 Å². The zero-order valence-electron chi connectivity index (χ0n) is 9.79. The van der Waals surface area contributed by atoms with E-state index in [1.54, 1.807) is 0 Å². The summed E-state index contributed by atoms with van der Waals surface area (Å²) in [6, 6.07) is 0. The van der Waals surface area contributed by atoms with Crippen LogP contribution in [0.1, 0.15) is 0 Å². The van der Waals surface area contributed by atoms with Gasteiger partial charge in [0.1, 0.15) is 0 Å². The van der Waals surface area contributed by atoms with Crippen LogP contribution in [0.2, 0.25) is 0 Å². The van der Waals surface area contributed by atoms with Crippen molar-refractivity contribution in [2.24, 2.45) is 0 Å². The second-order valence-electron chi connectivity index (χ2n) is 3.76. The Morgan fingerprint density at radius 1 is 0.533 bits per heavy atom. The molecule has 0 aromatic carbocycles. The van der Waals surface area contributed by atoms with E-state index in [0.29, 0.717) is 0 Å². The zero-order chi connectivity index (χ0) is 13.5. The Hall–Kier alpha value is 0.570. The van der Waals surface area contributed by atoms with Crippen molar-refractivity contribution >= 4 is 22.1 Å². The molecule has 0 fully saturated rings. The molecule has 0 heterocycles. The maximum atomic E-state index is 9.66. The summed E-state index contributed by atoms with van der Waals surface area (Å²) in [5.41, 5.74) is 0. The Kier molecular flexibility index (Phi) is 10.9. The first-order valence-electron chi connectivity index (χ1n) is 3.78. The van der Waals surface area contributed by atoms with Crippen molar-refractivity contribution in [3.05, 3.63) is 0 Å². The summed E-state index contributed by atoms with van der Waals surface area (Å²) in [6.45, 7) is 7.12. The number of hydrogen-bond donors (Lipinski definition) is 0. The normalized spacial score (nSPS) is 11.8. The molecule has 0 amide bonds. The molecule has 0 saturated heterocycles. The Balaban J connectivity index is -0.000000144. The van der Waals surface area contributed by atoms with E-state index < -0.39 is 22.1 Å². The third-order valence-electron chi connectivity index (χ3n) is 0. The Bertz CT molecular complexity index is 209. The minimum absolute atomic E-state index is 1.19. The lowest BCUT2D eigenvalue weighted by molar-refractivity contribution is -0.172. The van der Waals surface area contributed by atoms with Crippen molar-refractivity contribution in [1.82, 2.24) is 0 Å².